The number of tetrazole rings is 1. The van der Waals surface area contributed by atoms with E-state index in [1.807, 2.05) is 41.3 Å². The number of aromatic nitrogens is 4. The van der Waals surface area contributed by atoms with E-state index in [9.17, 15) is 10.1 Å². The molecule has 1 fully saturated rings. The van der Waals surface area contributed by atoms with Gasteiger partial charge in [0.15, 0.2) is 0 Å². The van der Waals surface area contributed by atoms with Gasteiger partial charge in [0.05, 0.1) is 24.6 Å². The third-order valence-electron chi connectivity index (χ3n) is 5.42. The van der Waals surface area contributed by atoms with Crippen LogP contribution in [0.1, 0.15) is 11.6 Å². The lowest BCUT2D eigenvalue weighted by atomic mass is 10.1. The third-order valence-corrected chi connectivity index (χ3v) is 6.58. The summed E-state index contributed by atoms with van der Waals surface area (Å²) in [5.41, 5.74) is 1.69. The number of rotatable bonds is 7. The number of piperazine rings is 1. The number of amides is 1. The van der Waals surface area contributed by atoms with E-state index in [0.29, 0.717) is 36.4 Å². The van der Waals surface area contributed by atoms with E-state index in [0.717, 1.165) is 17.0 Å². The van der Waals surface area contributed by atoms with Crippen LogP contribution < -0.4 is 4.74 Å². The van der Waals surface area contributed by atoms with Crippen LogP contribution in [0.25, 0.3) is 5.69 Å². The molecule has 3 aromatic rings. The van der Waals surface area contributed by atoms with Crippen molar-refractivity contribution in [3.05, 3.63) is 59.1 Å². The molecular formula is C22H22ClN7O2S. The summed E-state index contributed by atoms with van der Waals surface area (Å²) in [6, 6.07) is 16.7. The number of nitriles is 1. The second kappa shape index (κ2) is 10.7. The zero-order chi connectivity index (χ0) is 23.2. The summed E-state index contributed by atoms with van der Waals surface area (Å²) in [5.74, 6) is 1.00. The van der Waals surface area contributed by atoms with Gasteiger partial charge < -0.3 is 9.64 Å². The van der Waals surface area contributed by atoms with Gasteiger partial charge in [0, 0.05) is 31.2 Å². The summed E-state index contributed by atoms with van der Waals surface area (Å²) in [6.07, 6.45) is 0. The van der Waals surface area contributed by atoms with Crippen LogP contribution in [-0.2, 0) is 4.79 Å². The number of hydrogen-bond acceptors (Lipinski definition) is 8. The van der Waals surface area contributed by atoms with E-state index in [2.05, 4.69) is 26.5 Å². The molecule has 1 aliphatic rings. The van der Waals surface area contributed by atoms with Crippen LogP contribution in [0.2, 0.25) is 5.02 Å². The molecule has 2 aromatic carbocycles. The van der Waals surface area contributed by atoms with Crippen molar-refractivity contribution in [2.45, 2.75) is 11.2 Å². The number of carbonyl (C=O) groups is 1. The molecule has 33 heavy (non-hydrogen) atoms. The monoisotopic (exact) mass is 483 g/mol. The van der Waals surface area contributed by atoms with Crippen LogP contribution in [0.3, 0.4) is 0 Å². The molecule has 0 bridgehead atoms. The molecule has 4 rings (SSSR count). The van der Waals surface area contributed by atoms with E-state index >= 15 is 0 Å². The van der Waals surface area contributed by atoms with Crippen LogP contribution in [0.5, 0.6) is 5.75 Å². The van der Waals surface area contributed by atoms with Crippen LogP contribution in [-0.4, -0.2) is 75.0 Å². The number of halogens is 1. The van der Waals surface area contributed by atoms with Crippen LogP contribution in [0.15, 0.2) is 53.7 Å². The van der Waals surface area contributed by atoms with E-state index in [-0.39, 0.29) is 17.7 Å². The first-order valence-corrected chi connectivity index (χ1v) is 11.7. The Morgan fingerprint density at radius 1 is 1.15 bits per heavy atom. The highest BCUT2D eigenvalue weighted by atomic mass is 35.5. The molecule has 1 aromatic heterocycles. The molecule has 0 N–H and O–H groups in total. The van der Waals surface area contributed by atoms with E-state index in [4.69, 9.17) is 16.3 Å². The molecular weight excluding hydrogens is 462 g/mol. The summed E-state index contributed by atoms with van der Waals surface area (Å²) < 4.78 is 6.78. The maximum absolute atomic E-state index is 12.8. The standard InChI is InChI=1S/C22H22ClN7O2S/c1-32-19-8-2-16(3-9-19)20(14-24)28-10-12-29(13-11-28)21(31)15-33-22-25-26-27-30(22)18-6-4-17(23)5-7-18/h2-9,20H,10-13,15H2,1H3/t20-/m0/s1. The summed E-state index contributed by atoms with van der Waals surface area (Å²) in [4.78, 5) is 16.7. The van der Waals surface area contributed by atoms with E-state index < -0.39 is 0 Å². The predicted octanol–water partition coefficient (Wildman–Crippen LogP) is 2.83. The SMILES string of the molecule is COc1ccc([C@H](C#N)N2CCN(C(=O)CSc3nnnn3-c3ccc(Cl)cc3)CC2)cc1. The van der Waals surface area contributed by atoms with Crippen molar-refractivity contribution < 1.29 is 9.53 Å². The smallest absolute Gasteiger partial charge is 0.233 e. The van der Waals surface area contributed by atoms with Gasteiger partial charge in [-0.05, 0) is 52.4 Å². The molecule has 0 radical (unpaired) electrons. The molecule has 1 aliphatic heterocycles. The number of hydrogen-bond donors (Lipinski definition) is 0. The summed E-state index contributed by atoms with van der Waals surface area (Å²) >= 11 is 7.24. The van der Waals surface area contributed by atoms with Gasteiger partial charge in [-0.25, -0.2) is 0 Å². The first kappa shape index (κ1) is 23.0. The number of methoxy groups -OCH3 is 1. The Hall–Kier alpha value is -3.13. The normalized spacial score (nSPS) is 15.1. The molecule has 2 heterocycles. The van der Waals surface area contributed by atoms with Gasteiger partial charge in [-0.15, -0.1) is 5.10 Å². The minimum Gasteiger partial charge on any atom is -0.497 e. The zero-order valence-corrected chi connectivity index (χ0v) is 19.5. The number of carbonyl (C=O) groups excluding carboxylic acids is 1. The first-order valence-electron chi connectivity index (χ1n) is 10.3. The number of nitrogens with zero attached hydrogens (tertiary/aromatic N) is 7. The third kappa shape index (κ3) is 5.45. The molecule has 9 nitrogen and oxygen atoms in total. The molecule has 0 aliphatic carbocycles. The number of ether oxygens (including phenoxy) is 1. The average Bonchev–Trinajstić information content (AvgIpc) is 3.33. The topological polar surface area (TPSA) is 100 Å². The van der Waals surface area contributed by atoms with Crippen molar-refractivity contribution in [2.75, 3.05) is 39.0 Å². The maximum Gasteiger partial charge on any atom is 0.233 e. The van der Waals surface area contributed by atoms with Gasteiger partial charge in [-0.3, -0.25) is 9.69 Å². The van der Waals surface area contributed by atoms with E-state index in [1.165, 1.54) is 11.8 Å². The highest BCUT2D eigenvalue weighted by molar-refractivity contribution is 7.99. The predicted molar refractivity (Wildman–Crippen MR) is 124 cm³/mol. The Labute approximate surface area is 200 Å². The average molecular weight is 484 g/mol. The Bertz CT molecular complexity index is 1120. The van der Waals surface area contributed by atoms with Crippen LogP contribution in [0.4, 0.5) is 0 Å². The lowest BCUT2D eigenvalue weighted by Gasteiger charge is -2.37. The second-order valence-corrected chi connectivity index (χ2v) is 8.74. The van der Waals surface area contributed by atoms with Crippen molar-refractivity contribution in [3.63, 3.8) is 0 Å². The van der Waals surface area contributed by atoms with Crippen molar-refractivity contribution in [1.29, 1.82) is 5.26 Å². The van der Waals surface area contributed by atoms with Gasteiger partial charge in [-0.2, -0.15) is 9.94 Å². The fourth-order valence-corrected chi connectivity index (χ4v) is 4.53. The minimum atomic E-state index is -0.355. The Balaban J connectivity index is 1.31. The van der Waals surface area contributed by atoms with Gasteiger partial charge in [-0.1, -0.05) is 35.5 Å². The lowest BCUT2D eigenvalue weighted by Crippen LogP contribution is -2.50. The zero-order valence-electron chi connectivity index (χ0n) is 18.0. The second-order valence-electron chi connectivity index (χ2n) is 7.36. The largest absolute Gasteiger partial charge is 0.497 e. The highest BCUT2D eigenvalue weighted by Crippen LogP contribution is 2.25. The van der Waals surface area contributed by atoms with Crippen molar-refractivity contribution in [2.24, 2.45) is 0 Å². The fourth-order valence-electron chi connectivity index (χ4n) is 3.61. The van der Waals surface area contributed by atoms with Gasteiger partial charge in [0.1, 0.15) is 11.8 Å². The number of thioether (sulfide) groups is 1. The minimum absolute atomic E-state index is 0.0169. The Morgan fingerprint density at radius 3 is 2.48 bits per heavy atom. The van der Waals surface area contributed by atoms with Crippen molar-refractivity contribution >= 4 is 29.3 Å². The number of benzene rings is 2. The quantitative estimate of drug-likeness (QED) is 0.473. The molecule has 1 amide bonds. The molecule has 0 unspecified atom stereocenters. The molecule has 11 heteroatoms. The molecule has 1 saturated heterocycles. The van der Waals surface area contributed by atoms with E-state index in [1.54, 1.807) is 23.9 Å². The summed E-state index contributed by atoms with van der Waals surface area (Å²) in [6.45, 7) is 2.39. The van der Waals surface area contributed by atoms with Gasteiger partial charge >= 0.3 is 0 Å². The molecule has 0 saturated carbocycles. The molecule has 170 valence electrons. The maximum atomic E-state index is 12.8. The van der Waals surface area contributed by atoms with Crippen molar-refractivity contribution in [1.82, 2.24) is 30.0 Å². The Kier molecular flexibility index (Phi) is 7.44. The fraction of sp³-hybridized carbons (Fsp3) is 0.318. The first-order chi connectivity index (χ1) is 16.1. The van der Waals surface area contributed by atoms with Crippen LogP contribution in [0, 0.1) is 11.3 Å². The Morgan fingerprint density at radius 2 is 1.85 bits per heavy atom. The molecule has 0 spiro atoms. The van der Waals surface area contributed by atoms with Crippen LogP contribution >= 0.6 is 23.4 Å². The van der Waals surface area contributed by atoms with Crippen molar-refractivity contribution in [3.8, 4) is 17.5 Å². The summed E-state index contributed by atoms with van der Waals surface area (Å²) in [7, 11) is 1.61. The highest BCUT2D eigenvalue weighted by Gasteiger charge is 2.27. The lowest BCUT2D eigenvalue weighted by molar-refractivity contribution is -0.130. The summed E-state index contributed by atoms with van der Waals surface area (Å²) in [5, 5.41) is 22.7. The van der Waals surface area contributed by atoms with Gasteiger partial charge in [0.2, 0.25) is 11.1 Å². The molecule has 1 atom stereocenters. The van der Waals surface area contributed by atoms with Gasteiger partial charge in [0.25, 0.3) is 0 Å².